The molecule has 2 aromatic carbocycles. The Morgan fingerprint density at radius 3 is 2.74 bits per heavy atom. The van der Waals surface area contributed by atoms with E-state index in [1.54, 1.807) is 11.0 Å². The molecule has 1 saturated heterocycles. The molecule has 2 aliphatic rings. The summed E-state index contributed by atoms with van der Waals surface area (Å²) in [7, 11) is 0. The third-order valence-electron chi connectivity index (χ3n) is 5.32. The van der Waals surface area contributed by atoms with Crippen LogP contribution in [0.5, 0.6) is 0 Å². The van der Waals surface area contributed by atoms with E-state index in [1.165, 1.54) is 6.07 Å². The van der Waals surface area contributed by atoms with Gasteiger partial charge in [-0.3, -0.25) is 9.59 Å². The largest absolute Gasteiger partial charge is 0.335 e. The molecule has 2 aromatic rings. The molecule has 4 rings (SSSR count). The van der Waals surface area contributed by atoms with Gasteiger partial charge < -0.3 is 10.2 Å². The maximum absolute atomic E-state index is 13.4. The third kappa shape index (κ3) is 3.56. The average molecular weight is 370 g/mol. The number of aryl methyl sites for hydroxylation is 1. The molecule has 0 spiro atoms. The van der Waals surface area contributed by atoms with Crippen molar-refractivity contribution in [2.75, 3.05) is 11.9 Å². The lowest BCUT2D eigenvalue weighted by Gasteiger charge is -2.41. The lowest BCUT2D eigenvalue weighted by molar-refractivity contribution is -0.139. The Hall–Kier alpha value is -2.76. The SMILES string of the molecule is O=C1Cc2cc(CCCC(=O)N3CCC3c3ccc(F)c(F)c3)ccc2N1. The van der Waals surface area contributed by atoms with Crippen LogP contribution in [0.2, 0.25) is 0 Å². The van der Waals surface area contributed by atoms with Crippen molar-refractivity contribution in [1.29, 1.82) is 0 Å². The molecule has 0 bridgehead atoms. The number of anilines is 1. The maximum atomic E-state index is 13.4. The minimum absolute atomic E-state index is 0.0124. The average Bonchev–Trinajstić information content (AvgIpc) is 2.96. The highest BCUT2D eigenvalue weighted by Gasteiger charge is 2.33. The fourth-order valence-corrected chi connectivity index (χ4v) is 3.78. The molecule has 0 radical (unpaired) electrons. The smallest absolute Gasteiger partial charge is 0.228 e. The zero-order chi connectivity index (χ0) is 19.0. The summed E-state index contributed by atoms with van der Waals surface area (Å²) in [6, 6.07) is 9.57. The Balaban J connectivity index is 1.31. The van der Waals surface area contributed by atoms with Crippen molar-refractivity contribution in [3.8, 4) is 0 Å². The van der Waals surface area contributed by atoms with Crippen LogP contribution in [-0.4, -0.2) is 23.3 Å². The molecule has 1 fully saturated rings. The summed E-state index contributed by atoms with van der Waals surface area (Å²) in [4.78, 5) is 25.6. The van der Waals surface area contributed by atoms with E-state index in [4.69, 9.17) is 0 Å². The van der Waals surface area contributed by atoms with Gasteiger partial charge in [0, 0.05) is 18.7 Å². The number of hydrogen-bond acceptors (Lipinski definition) is 2. The Morgan fingerprint density at radius 2 is 2.00 bits per heavy atom. The summed E-state index contributed by atoms with van der Waals surface area (Å²) in [5.41, 5.74) is 3.63. The molecule has 2 heterocycles. The van der Waals surface area contributed by atoms with Crippen molar-refractivity contribution in [3.05, 3.63) is 64.7 Å². The summed E-state index contributed by atoms with van der Waals surface area (Å²) in [5, 5.41) is 2.81. The summed E-state index contributed by atoms with van der Waals surface area (Å²) >= 11 is 0. The first-order valence-electron chi connectivity index (χ1n) is 9.17. The molecule has 2 aliphatic heterocycles. The normalized spacial score (nSPS) is 18.1. The number of nitrogens with one attached hydrogen (secondary N) is 1. The van der Waals surface area contributed by atoms with Gasteiger partial charge in [-0.25, -0.2) is 8.78 Å². The molecule has 1 unspecified atom stereocenters. The standard InChI is InChI=1S/C21H20F2N2O2/c22-16-6-5-14(11-17(16)23)19-8-9-25(19)21(27)3-1-2-13-4-7-18-15(10-13)12-20(26)24-18/h4-7,10-11,19H,1-3,8-9,12H2,(H,24,26). The number of hydrogen-bond donors (Lipinski definition) is 1. The Kier molecular flexibility index (Phi) is 4.64. The van der Waals surface area contributed by atoms with Gasteiger partial charge in [-0.05, 0) is 54.2 Å². The van der Waals surface area contributed by atoms with Crippen molar-refractivity contribution in [1.82, 2.24) is 4.90 Å². The quantitative estimate of drug-likeness (QED) is 0.871. The van der Waals surface area contributed by atoms with Gasteiger partial charge in [0.15, 0.2) is 11.6 Å². The predicted molar refractivity (Wildman–Crippen MR) is 97.1 cm³/mol. The molecular formula is C21H20F2N2O2. The van der Waals surface area contributed by atoms with Crippen molar-refractivity contribution < 1.29 is 18.4 Å². The van der Waals surface area contributed by atoms with Gasteiger partial charge in [-0.15, -0.1) is 0 Å². The third-order valence-corrected chi connectivity index (χ3v) is 5.32. The second-order valence-electron chi connectivity index (χ2n) is 7.14. The van der Waals surface area contributed by atoms with Crippen LogP contribution in [0.1, 0.15) is 42.0 Å². The maximum Gasteiger partial charge on any atom is 0.228 e. The van der Waals surface area contributed by atoms with Crippen LogP contribution in [0.15, 0.2) is 36.4 Å². The highest BCUT2D eigenvalue weighted by atomic mass is 19.2. The number of benzene rings is 2. The lowest BCUT2D eigenvalue weighted by atomic mass is 9.93. The number of rotatable bonds is 5. The highest BCUT2D eigenvalue weighted by molar-refractivity contribution is 5.99. The first-order chi connectivity index (χ1) is 13.0. The topological polar surface area (TPSA) is 49.4 Å². The number of nitrogens with zero attached hydrogens (tertiary/aromatic N) is 1. The Labute approximate surface area is 156 Å². The molecular weight excluding hydrogens is 350 g/mol. The summed E-state index contributed by atoms with van der Waals surface area (Å²) in [6.45, 7) is 0.648. The molecule has 1 N–H and O–H groups in total. The molecule has 0 saturated carbocycles. The van der Waals surface area contributed by atoms with E-state index in [0.29, 0.717) is 31.4 Å². The van der Waals surface area contributed by atoms with Gasteiger partial charge in [0.2, 0.25) is 11.8 Å². The molecule has 6 heteroatoms. The minimum atomic E-state index is -0.878. The van der Waals surface area contributed by atoms with E-state index in [1.807, 2.05) is 18.2 Å². The fraction of sp³-hybridized carbons (Fsp3) is 0.333. The molecule has 140 valence electrons. The van der Waals surface area contributed by atoms with Gasteiger partial charge in [-0.2, -0.15) is 0 Å². The number of likely N-dealkylation sites (tertiary alicyclic amines) is 1. The second kappa shape index (κ2) is 7.10. The van der Waals surface area contributed by atoms with Gasteiger partial charge in [-0.1, -0.05) is 18.2 Å². The first-order valence-corrected chi connectivity index (χ1v) is 9.17. The van der Waals surface area contributed by atoms with Crippen LogP contribution in [-0.2, 0) is 22.4 Å². The second-order valence-corrected chi connectivity index (χ2v) is 7.14. The Bertz CT molecular complexity index is 913. The number of amides is 2. The van der Waals surface area contributed by atoms with Crippen molar-refractivity contribution in [3.63, 3.8) is 0 Å². The van der Waals surface area contributed by atoms with Gasteiger partial charge in [0.05, 0.1) is 12.5 Å². The predicted octanol–water partition coefficient (Wildman–Crippen LogP) is 3.76. The van der Waals surface area contributed by atoms with Crippen molar-refractivity contribution >= 4 is 17.5 Å². The van der Waals surface area contributed by atoms with Gasteiger partial charge >= 0.3 is 0 Å². The first kappa shape index (κ1) is 17.6. The molecule has 4 nitrogen and oxygen atoms in total. The van der Waals surface area contributed by atoms with Crippen molar-refractivity contribution in [2.45, 2.75) is 38.1 Å². The van der Waals surface area contributed by atoms with Crippen LogP contribution in [0, 0.1) is 11.6 Å². The number of carbonyl (C=O) groups is 2. The van der Waals surface area contributed by atoms with E-state index in [-0.39, 0.29) is 17.9 Å². The number of carbonyl (C=O) groups excluding carboxylic acids is 2. The van der Waals surface area contributed by atoms with E-state index in [0.717, 1.165) is 35.7 Å². The fourth-order valence-electron chi connectivity index (χ4n) is 3.78. The molecule has 0 aromatic heterocycles. The summed E-state index contributed by atoms with van der Waals surface area (Å²) in [5.74, 6) is -1.70. The Morgan fingerprint density at radius 1 is 1.15 bits per heavy atom. The zero-order valence-corrected chi connectivity index (χ0v) is 14.8. The number of fused-ring (bicyclic) bond motifs is 1. The monoisotopic (exact) mass is 370 g/mol. The molecule has 2 amide bonds. The number of halogens is 2. The van der Waals surface area contributed by atoms with E-state index < -0.39 is 11.6 Å². The molecule has 1 atom stereocenters. The van der Waals surface area contributed by atoms with E-state index in [9.17, 15) is 18.4 Å². The van der Waals surface area contributed by atoms with Crippen LogP contribution in [0.4, 0.5) is 14.5 Å². The minimum Gasteiger partial charge on any atom is -0.335 e. The van der Waals surface area contributed by atoms with Crippen molar-refractivity contribution in [2.24, 2.45) is 0 Å². The summed E-state index contributed by atoms with van der Waals surface area (Å²) in [6.07, 6.45) is 3.06. The van der Waals surface area contributed by atoms with E-state index >= 15 is 0 Å². The highest BCUT2D eigenvalue weighted by Crippen LogP contribution is 2.34. The van der Waals surface area contributed by atoms with Crippen LogP contribution in [0.25, 0.3) is 0 Å². The molecule has 0 aliphatic carbocycles. The van der Waals surface area contributed by atoms with Crippen LogP contribution < -0.4 is 5.32 Å². The van der Waals surface area contributed by atoms with Crippen LogP contribution in [0.3, 0.4) is 0 Å². The van der Waals surface area contributed by atoms with Gasteiger partial charge in [0.25, 0.3) is 0 Å². The van der Waals surface area contributed by atoms with E-state index in [2.05, 4.69) is 5.32 Å². The van der Waals surface area contributed by atoms with Crippen LogP contribution >= 0.6 is 0 Å². The zero-order valence-electron chi connectivity index (χ0n) is 14.8. The summed E-state index contributed by atoms with van der Waals surface area (Å²) < 4.78 is 26.5. The molecule has 27 heavy (non-hydrogen) atoms. The van der Waals surface area contributed by atoms with Gasteiger partial charge in [0.1, 0.15) is 0 Å². The lowest BCUT2D eigenvalue weighted by Crippen LogP contribution is -2.45.